The summed E-state index contributed by atoms with van der Waals surface area (Å²) in [5.41, 5.74) is -1.14. The first kappa shape index (κ1) is 6.99. The summed E-state index contributed by atoms with van der Waals surface area (Å²) in [7, 11) is 0. The quantitative estimate of drug-likeness (QED) is 0.389. The highest BCUT2D eigenvalue weighted by atomic mass is 35.5. The van der Waals surface area contributed by atoms with Crippen molar-refractivity contribution in [3.05, 3.63) is 12.7 Å². The van der Waals surface area contributed by atoms with Gasteiger partial charge in [-0.15, -0.1) is 18.2 Å². The summed E-state index contributed by atoms with van der Waals surface area (Å²) < 4.78 is 0. The van der Waals surface area contributed by atoms with E-state index in [0.29, 0.717) is 0 Å². The van der Waals surface area contributed by atoms with E-state index in [1.807, 2.05) is 0 Å². The van der Waals surface area contributed by atoms with Gasteiger partial charge >= 0.3 is 0 Å². The molecule has 0 bridgehead atoms. The zero-order chi connectivity index (χ0) is 5.91. The van der Waals surface area contributed by atoms with Gasteiger partial charge in [0.25, 0.3) is 0 Å². The van der Waals surface area contributed by atoms with Crippen molar-refractivity contribution in [1.82, 2.24) is 0 Å². The first-order valence-corrected chi connectivity index (χ1v) is 2.56. The van der Waals surface area contributed by atoms with Crippen molar-refractivity contribution in [3.8, 4) is 0 Å². The van der Waals surface area contributed by atoms with Crippen molar-refractivity contribution in [2.75, 3.05) is 5.88 Å². The van der Waals surface area contributed by atoms with Crippen molar-refractivity contribution in [2.45, 2.75) is 12.5 Å². The van der Waals surface area contributed by atoms with Crippen LogP contribution in [-0.4, -0.2) is 11.5 Å². The largest absolute Gasteiger partial charge is 0.224 e. The van der Waals surface area contributed by atoms with E-state index in [9.17, 15) is 5.11 Å². The molecule has 0 saturated heterocycles. The molecule has 0 spiro atoms. The lowest BCUT2D eigenvalue weighted by Gasteiger charge is -2.08. The van der Waals surface area contributed by atoms with Crippen molar-refractivity contribution in [2.24, 2.45) is 0 Å². The minimum atomic E-state index is -1.14. The summed E-state index contributed by atoms with van der Waals surface area (Å²) in [5.74, 6) is 0.0938. The van der Waals surface area contributed by atoms with Crippen LogP contribution in [0.15, 0.2) is 12.7 Å². The van der Waals surface area contributed by atoms with Crippen LogP contribution in [0.4, 0.5) is 0 Å². The fraction of sp³-hybridized carbons (Fsp3) is 0.600. The lowest BCUT2D eigenvalue weighted by Crippen LogP contribution is -2.19. The van der Waals surface area contributed by atoms with Crippen LogP contribution in [-0.2, 0) is 5.11 Å². The molecule has 0 heterocycles. The van der Waals surface area contributed by atoms with E-state index in [2.05, 4.69) is 6.58 Å². The molecule has 0 aliphatic rings. The van der Waals surface area contributed by atoms with E-state index in [1.54, 1.807) is 0 Å². The average molecular weight is 120 g/mol. The van der Waals surface area contributed by atoms with Crippen molar-refractivity contribution in [3.63, 3.8) is 0 Å². The fourth-order valence-corrected chi connectivity index (χ4v) is 0.164. The van der Waals surface area contributed by atoms with E-state index in [0.717, 1.165) is 0 Å². The highest BCUT2D eigenvalue weighted by Crippen LogP contribution is 2.05. The second-order valence-corrected chi connectivity index (χ2v) is 1.92. The maximum absolute atomic E-state index is 10.6. The first-order valence-electron chi connectivity index (χ1n) is 2.02. The molecule has 1 radical (unpaired) electrons. The smallest absolute Gasteiger partial charge is 0.132 e. The predicted molar refractivity (Wildman–Crippen MR) is 30.0 cm³/mol. The second-order valence-electron chi connectivity index (χ2n) is 1.65. The zero-order valence-electron chi connectivity index (χ0n) is 4.28. The number of halogens is 1. The Morgan fingerprint density at radius 1 is 2.00 bits per heavy atom. The summed E-state index contributed by atoms with van der Waals surface area (Å²) >= 11 is 5.21. The van der Waals surface area contributed by atoms with Gasteiger partial charge in [-0.3, -0.25) is 0 Å². The van der Waals surface area contributed by atoms with Crippen LogP contribution in [0, 0.1) is 0 Å². The van der Waals surface area contributed by atoms with Gasteiger partial charge in [-0.25, -0.2) is 5.11 Å². The Kier molecular flexibility index (Phi) is 2.33. The summed E-state index contributed by atoms with van der Waals surface area (Å²) in [6.45, 7) is 4.80. The topological polar surface area (TPSA) is 19.9 Å². The van der Waals surface area contributed by atoms with E-state index in [4.69, 9.17) is 11.6 Å². The average Bonchev–Trinajstić information content (AvgIpc) is 1.68. The van der Waals surface area contributed by atoms with Crippen LogP contribution in [0.3, 0.4) is 0 Å². The molecule has 0 aromatic heterocycles. The standard InChI is InChI=1S/C5H8ClO/c1-3-5(2,7)4-6/h3H,1,4H2,2H3. The maximum Gasteiger partial charge on any atom is 0.132 e. The molecule has 0 saturated carbocycles. The molecule has 1 unspecified atom stereocenters. The molecule has 1 atom stereocenters. The predicted octanol–water partition coefficient (Wildman–Crippen LogP) is 1.60. The van der Waals surface area contributed by atoms with E-state index >= 15 is 0 Å². The minimum Gasteiger partial charge on any atom is -0.224 e. The lowest BCUT2D eigenvalue weighted by atomic mass is 10.1. The molecule has 0 rings (SSSR count). The van der Waals surface area contributed by atoms with Crippen molar-refractivity contribution < 1.29 is 5.11 Å². The Hall–Kier alpha value is -0.0100. The van der Waals surface area contributed by atoms with Crippen LogP contribution in [0.1, 0.15) is 6.92 Å². The molecular formula is C5H8ClO. The number of hydrogen-bond donors (Lipinski definition) is 0. The Bertz CT molecular complexity index is 68.5. The van der Waals surface area contributed by atoms with E-state index in [-0.39, 0.29) is 5.88 Å². The molecule has 0 aliphatic carbocycles. The van der Waals surface area contributed by atoms with E-state index < -0.39 is 5.60 Å². The number of alkyl halides is 1. The zero-order valence-corrected chi connectivity index (χ0v) is 5.03. The van der Waals surface area contributed by atoms with Gasteiger partial charge in [0.1, 0.15) is 5.60 Å². The summed E-state index contributed by atoms with van der Waals surface area (Å²) in [5, 5.41) is 10.6. The van der Waals surface area contributed by atoms with Crippen LogP contribution >= 0.6 is 11.6 Å². The first-order chi connectivity index (χ1) is 3.12. The molecule has 0 amide bonds. The van der Waals surface area contributed by atoms with Crippen LogP contribution in [0.5, 0.6) is 0 Å². The maximum atomic E-state index is 10.6. The van der Waals surface area contributed by atoms with Gasteiger partial charge in [0.2, 0.25) is 0 Å². The molecule has 0 aromatic carbocycles. The molecule has 0 aliphatic heterocycles. The third kappa shape index (κ3) is 2.66. The van der Waals surface area contributed by atoms with Gasteiger partial charge in [0, 0.05) is 0 Å². The van der Waals surface area contributed by atoms with Gasteiger partial charge in [0.05, 0.1) is 5.88 Å². The normalized spacial score (nSPS) is 18.1. The Balaban J connectivity index is 3.58. The third-order valence-corrected chi connectivity index (χ3v) is 1.23. The van der Waals surface area contributed by atoms with Gasteiger partial charge in [-0.05, 0) is 6.92 Å². The number of hydrogen-bond acceptors (Lipinski definition) is 0. The van der Waals surface area contributed by atoms with Gasteiger partial charge in [0.15, 0.2) is 0 Å². The minimum absolute atomic E-state index is 0.0938. The molecular weight excluding hydrogens is 112 g/mol. The molecule has 2 heteroatoms. The Labute approximate surface area is 48.6 Å². The lowest BCUT2D eigenvalue weighted by molar-refractivity contribution is 0.0525. The Morgan fingerprint density at radius 2 is 2.43 bits per heavy atom. The van der Waals surface area contributed by atoms with Gasteiger partial charge in [-0.2, -0.15) is 0 Å². The number of rotatable bonds is 2. The molecule has 0 N–H and O–H groups in total. The van der Waals surface area contributed by atoms with Gasteiger partial charge < -0.3 is 0 Å². The SMILES string of the molecule is C=CC(C)([O])CCl. The van der Waals surface area contributed by atoms with Crippen LogP contribution in [0.25, 0.3) is 0 Å². The van der Waals surface area contributed by atoms with Crippen LogP contribution in [0.2, 0.25) is 0 Å². The monoisotopic (exact) mass is 119 g/mol. The Morgan fingerprint density at radius 3 is 2.43 bits per heavy atom. The van der Waals surface area contributed by atoms with Crippen molar-refractivity contribution >= 4 is 11.6 Å². The molecule has 0 fully saturated rings. The summed E-state index contributed by atoms with van der Waals surface area (Å²) in [6.07, 6.45) is 1.31. The fourth-order valence-electron chi connectivity index (χ4n) is 0.0546. The second kappa shape index (κ2) is 2.34. The van der Waals surface area contributed by atoms with Crippen molar-refractivity contribution in [1.29, 1.82) is 0 Å². The molecule has 41 valence electrons. The van der Waals surface area contributed by atoms with E-state index in [1.165, 1.54) is 13.0 Å². The summed E-state index contributed by atoms with van der Waals surface area (Å²) in [4.78, 5) is 0. The van der Waals surface area contributed by atoms with Crippen LogP contribution < -0.4 is 0 Å². The highest BCUT2D eigenvalue weighted by Gasteiger charge is 2.14. The summed E-state index contributed by atoms with van der Waals surface area (Å²) in [6, 6.07) is 0. The molecule has 7 heavy (non-hydrogen) atoms. The molecule has 1 nitrogen and oxygen atoms in total. The molecule has 0 aromatic rings. The van der Waals surface area contributed by atoms with Gasteiger partial charge in [-0.1, -0.05) is 6.08 Å². The highest BCUT2D eigenvalue weighted by molar-refractivity contribution is 6.18. The third-order valence-electron chi connectivity index (χ3n) is 0.697.